The number of allylic oxidation sites excluding steroid dienone is 1. The molecular weight excluding hydrogens is 426 g/mol. The number of carbonyl (C=O) groups is 3. The molecule has 5 nitrogen and oxygen atoms in total. The van der Waals surface area contributed by atoms with Crippen molar-refractivity contribution in [1.29, 1.82) is 0 Å². The molecule has 1 aliphatic rings. The largest absolute Gasteiger partial charge is 0.489 e. The third-order valence-corrected chi connectivity index (χ3v) is 6.57. The second-order valence-corrected chi connectivity index (χ2v) is 9.47. The van der Waals surface area contributed by atoms with Crippen LogP contribution >= 0.6 is 0 Å². The minimum atomic E-state index is -0.696. The Labute approximate surface area is 202 Å². The number of hydrogen-bond acceptors (Lipinski definition) is 4. The first-order valence-electron chi connectivity index (χ1n) is 12.1. The van der Waals surface area contributed by atoms with E-state index in [1.165, 1.54) is 4.90 Å². The van der Waals surface area contributed by atoms with Gasteiger partial charge in [0.1, 0.15) is 12.4 Å². The molecule has 0 radical (unpaired) electrons. The summed E-state index contributed by atoms with van der Waals surface area (Å²) in [6.45, 7) is 6.48. The molecule has 1 heterocycles. The van der Waals surface area contributed by atoms with Crippen molar-refractivity contribution >= 4 is 23.5 Å². The van der Waals surface area contributed by atoms with Gasteiger partial charge in [0.2, 0.25) is 5.78 Å². The van der Waals surface area contributed by atoms with Gasteiger partial charge in [0.15, 0.2) is 5.78 Å². The highest BCUT2D eigenvalue weighted by Gasteiger charge is 2.40. The Bertz CT molecular complexity index is 1010. The van der Waals surface area contributed by atoms with Crippen molar-refractivity contribution in [3.8, 4) is 5.75 Å². The van der Waals surface area contributed by atoms with Crippen LogP contribution in [-0.4, -0.2) is 35.0 Å². The molecule has 1 amide bonds. The number of amides is 1. The first-order valence-corrected chi connectivity index (χ1v) is 12.1. The number of Topliss-reactive ketones (excluding diaryl/α,β-unsaturated/α-hetero) is 2. The maximum Gasteiger partial charge on any atom is 0.291 e. The van der Waals surface area contributed by atoms with Crippen LogP contribution in [0.2, 0.25) is 0 Å². The molecule has 34 heavy (non-hydrogen) atoms. The molecule has 180 valence electrons. The molecule has 0 N–H and O–H groups in total. The van der Waals surface area contributed by atoms with E-state index < -0.39 is 23.1 Å². The smallest absolute Gasteiger partial charge is 0.291 e. The third-order valence-electron chi connectivity index (χ3n) is 6.57. The molecule has 0 aliphatic carbocycles. The lowest BCUT2D eigenvalue weighted by molar-refractivity contribution is -0.151. The minimum Gasteiger partial charge on any atom is -0.489 e. The molecule has 1 unspecified atom stereocenters. The van der Waals surface area contributed by atoms with E-state index in [9.17, 15) is 14.4 Å². The van der Waals surface area contributed by atoms with Gasteiger partial charge in [-0.05, 0) is 48.9 Å². The predicted octanol–water partition coefficient (Wildman–Crippen LogP) is 5.62. The number of hydrogen-bond donors (Lipinski definition) is 0. The van der Waals surface area contributed by atoms with Gasteiger partial charge in [-0.15, -0.1) is 0 Å². The maximum absolute atomic E-state index is 12.8. The highest BCUT2D eigenvalue weighted by molar-refractivity contribution is 6.38. The van der Waals surface area contributed by atoms with Crippen molar-refractivity contribution in [2.45, 2.75) is 65.5 Å². The Morgan fingerprint density at radius 1 is 1.06 bits per heavy atom. The van der Waals surface area contributed by atoms with Crippen molar-refractivity contribution in [3.63, 3.8) is 0 Å². The van der Waals surface area contributed by atoms with Crippen LogP contribution in [0.1, 0.15) is 64.0 Å². The van der Waals surface area contributed by atoms with Gasteiger partial charge >= 0.3 is 0 Å². The van der Waals surface area contributed by atoms with Crippen molar-refractivity contribution in [3.05, 3.63) is 71.8 Å². The number of nitrogens with zero attached hydrogens (tertiary/aromatic N) is 1. The Morgan fingerprint density at radius 3 is 2.44 bits per heavy atom. The average molecular weight is 462 g/mol. The van der Waals surface area contributed by atoms with E-state index in [4.69, 9.17) is 4.74 Å². The van der Waals surface area contributed by atoms with Gasteiger partial charge in [-0.3, -0.25) is 14.4 Å². The molecule has 5 heteroatoms. The molecule has 0 spiro atoms. The summed E-state index contributed by atoms with van der Waals surface area (Å²) in [6.07, 6.45) is 6.90. The zero-order valence-electron chi connectivity index (χ0n) is 20.5. The summed E-state index contributed by atoms with van der Waals surface area (Å²) in [7, 11) is 0. The van der Waals surface area contributed by atoms with Crippen LogP contribution in [-0.2, 0) is 21.0 Å². The molecule has 0 aromatic heterocycles. The summed E-state index contributed by atoms with van der Waals surface area (Å²) in [5.41, 5.74) is 1.46. The summed E-state index contributed by atoms with van der Waals surface area (Å²) in [5.74, 6) is -0.0659. The van der Waals surface area contributed by atoms with Crippen molar-refractivity contribution in [2.75, 3.05) is 6.54 Å². The Morgan fingerprint density at radius 2 is 1.76 bits per heavy atom. The Balaban J connectivity index is 1.47. The zero-order chi connectivity index (χ0) is 24.6. The van der Waals surface area contributed by atoms with Gasteiger partial charge in [0.05, 0.1) is 6.04 Å². The van der Waals surface area contributed by atoms with Crippen LogP contribution in [0.15, 0.2) is 60.7 Å². The second kappa shape index (κ2) is 11.8. The highest BCUT2D eigenvalue weighted by atomic mass is 16.5. The summed E-state index contributed by atoms with van der Waals surface area (Å²) in [5, 5.41) is 0. The van der Waals surface area contributed by atoms with Crippen LogP contribution in [0.4, 0.5) is 0 Å². The van der Waals surface area contributed by atoms with Crippen molar-refractivity contribution in [1.82, 2.24) is 4.90 Å². The zero-order valence-corrected chi connectivity index (χ0v) is 20.5. The van der Waals surface area contributed by atoms with Crippen LogP contribution < -0.4 is 4.74 Å². The fourth-order valence-electron chi connectivity index (χ4n) is 3.95. The monoisotopic (exact) mass is 461 g/mol. The van der Waals surface area contributed by atoms with Gasteiger partial charge in [-0.25, -0.2) is 0 Å². The lowest BCUT2D eigenvalue weighted by Gasteiger charge is -2.27. The van der Waals surface area contributed by atoms with E-state index in [2.05, 4.69) is 0 Å². The van der Waals surface area contributed by atoms with Gasteiger partial charge < -0.3 is 9.64 Å². The number of rotatable bonds is 11. The molecule has 3 rings (SSSR count). The number of ketones is 2. The molecule has 0 bridgehead atoms. The minimum absolute atomic E-state index is 0.0299. The number of carbonyl (C=O) groups excluding carboxylic acids is 3. The molecule has 1 aliphatic heterocycles. The van der Waals surface area contributed by atoms with Crippen molar-refractivity contribution < 1.29 is 19.1 Å². The molecular formula is C29H35NO4. The van der Waals surface area contributed by atoms with Crippen LogP contribution in [0.5, 0.6) is 5.75 Å². The average Bonchev–Trinajstić information content (AvgIpc) is 3.36. The second-order valence-electron chi connectivity index (χ2n) is 9.47. The summed E-state index contributed by atoms with van der Waals surface area (Å²) >= 11 is 0. The van der Waals surface area contributed by atoms with Crippen LogP contribution in [0, 0.1) is 5.41 Å². The summed E-state index contributed by atoms with van der Waals surface area (Å²) in [6, 6.07) is 17.4. The van der Waals surface area contributed by atoms with E-state index in [0.29, 0.717) is 38.8 Å². The van der Waals surface area contributed by atoms with E-state index in [-0.39, 0.29) is 5.78 Å². The number of ether oxygens (including phenoxy) is 1. The normalized spacial score (nSPS) is 16.1. The van der Waals surface area contributed by atoms with E-state index in [1.54, 1.807) is 13.8 Å². The molecule has 2 aromatic carbocycles. The molecule has 1 fully saturated rings. The first kappa shape index (κ1) is 25.4. The van der Waals surface area contributed by atoms with E-state index >= 15 is 0 Å². The van der Waals surface area contributed by atoms with Crippen LogP contribution in [0.25, 0.3) is 6.08 Å². The standard InChI is InChI=1S/C29H35NO4/c1-4-29(2,3)27(32)28(33)30-20-10-14-25(30)26(31)15-9-8-11-22-16-18-24(19-17-22)34-21-23-12-6-5-7-13-23/h5-8,11-13,16-19,25H,4,9-10,14-15,20-21H2,1-3H3/b11-8+. The SMILES string of the molecule is CCC(C)(C)C(=O)C(=O)N1CCCC1C(=O)CC/C=C/c1ccc(OCc2ccccc2)cc1. The lowest BCUT2D eigenvalue weighted by atomic mass is 9.84. The Hall–Kier alpha value is -3.21. The molecule has 0 saturated carbocycles. The van der Waals surface area contributed by atoms with Gasteiger partial charge in [-0.1, -0.05) is 75.4 Å². The lowest BCUT2D eigenvalue weighted by Crippen LogP contribution is -2.47. The fraction of sp³-hybridized carbons (Fsp3) is 0.414. The molecule has 1 atom stereocenters. The quantitative estimate of drug-likeness (QED) is 0.407. The predicted molar refractivity (Wildman–Crippen MR) is 134 cm³/mol. The Kier molecular flexibility index (Phi) is 8.80. The first-order chi connectivity index (χ1) is 16.3. The van der Waals surface area contributed by atoms with Gasteiger partial charge in [0, 0.05) is 18.4 Å². The highest BCUT2D eigenvalue weighted by Crippen LogP contribution is 2.26. The van der Waals surface area contributed by atoms with Crippen molar-refractivity contribution in [2.24, 2.45) is 5.41 Å². The summed E-state index contributed by atoms with van der Waals surface area (Å²) in [4.78, 5) is 39.6. The topological polar surface area (TPSA) is 63.7 Å². The molecule has 2 aromatic rings. The summed E-state index contributed by atoms with van der Waals surface area (Å²) < 4.78 is 5.81. The van der Waals surface area contributed by atoms with Gasteiger partial charge in [0.25, 0.3) is 5.91 Å². The van der Waals surface area contributed by atoms with E-state index in [1.807, 2.05) is 73.7 Å². The fourth-order valence-corrected chi connectivity index (χ4v) is 3.95. The molecule has 1 saturated heterocycles. The maximum atomic E-state index is 12.8. The van der Waals surface area contributed by atoms with Gasteiger partial charge in [-0.2, -0.15) is 0 Å². The van der Waals surface area contributed by atoms with Crippen LogP contribution in [0.3, 0.4) is 0 Å². The third kappa shape index (κ3) is 6.66. The number of likely N-dealkylation sites (tertiary alicyclic amines) is 1. The number of benzene rings is 2. The van der Waals surface area contributed by atoms with E-state index in [0.717, 1.165) is 23.3 Å².